The Kier molecular flexibility index (Phi) is 6.35. The topological polar surface area (TPSA) is 61.9 Å². The van der Waals surface area contributed by atoms with Crippen LogP contribution in [0.4, 0.5) is 5.69 Å². The van der Waals surface area contributed by atoms with Gasteiger partial charge in [-0.2, -0.15) is 5.26 Å². The molecular formula is C21H26N4O. The van der Waals surface area contributed by atoms with E-state index in [4.69, 9.17) is 0 Å². The van der Waals surface area contributed by atoms with E-state index >= 15 is 0 Å². The van der Waals surface area contributed by atoms with E-state index in [1.54, 1.807) is 29.4 Å². The molecule has 0 saturated carbocycles. The standard InChI is InChI=1S/C21H26N4O/c1-6-10-24-16(4)11-18(17(24)5)12-19(13-22)21(26)25(15(2)3)20-8-7-9-23-14-20/h7-9,11-12,14-15H,6,10H2,1-5H3/b19-12-. The fourth-order valence-corrected chi connectivity index (χ4v) is 3.11. The predicted molar refractivity (Wildman–Crippen MR) is 105 cm³/mol. The highest BCUT2D eigenvalue weighted by Gasteiger charge is 2.23. The van der Waals surface area contributed by atoms with Crippen LogP contribution in [0.5, 0.6) is 0 Å². The van der Waals surface area contributed by atoms with Crippen LogP contribution in [0.2, 0.25) is 0 Å². The first-order valence-electron chi connectivity index (χ1n) is 8.92. The van der Waals surface area contributed by atoms with Crippen LogP contribution in [0.3, 0.4) is 0 Å². The second-order valence-corrected chi connectivity index (χ2v) is 6.63. The lowest BCUT2D eigenvalue weighted by Gasteiger charge is -2.26. The molecule has 0 saturated heterocycles. The summed E-state index contributed by atoms with van der Waals surface area (Å²) in [6, 6.07) is 7.63. The van der Waals surface area contributed by atoms with Crippen molar-refractivity contribution in [3.8, 4) is 6.07 Å². The van der Waals surface area contributed by atoms with Gasteiger partial charge in [0.1, 0.15) is 11.6 Å². The maximum absolute atomic E-state index is 13.1. The van der Waals surface area contributed by atoms with Crippen LogP contribution in [0, 0.1) is 25.2 Å². The number of nitrogens with zero attached hydrogens (tertiary/aromatic N) is 4. The number of aryl methyl sites for hydroxylation is 1. The Morgan fingerprint density at radius 3 is 2.69 bits per heavy atom. The van der Waals surface area contributed by atoms with E-state index in [1.165, 1.54) is 0 Å². The maximum Gasteiger partial charge on any atom is 0.269 e. The number of anilines is 1. The van der Waals surface area contributed by atoms with Crippen LogP contribution in [0.1, 0.15) is 44.1 Å². The van der Waals surface area contributed by atoms with Gasteiger partial charge in [-0.1, -0.05) is 6.92 Å². The average Bonchev–Trinajstić information content (AvgIpc) is 2.88. The van der Waals surface area contributed by atoms with Gasteiger partial charge in [0.2, 0.25) is 0 Å². The van der Waals surface area contributed by atoms with Crippen molar-refractivity contribution in [1.82, 2.24) is 9.55 Å². The van der Waals surface area contributed by atoms with Crippen molar-refractivity contribution in [3.05, 3.63) is 53.1 Å². The largest absolute Gasteiger partial charge is 0.349 e. The van der Waals surface area contributed by atoms with Crippen molar-refractivity contribution < 1.29 is 4.79 Å². The number of carbonyl (C=O) groups is 1. The molecule has 136 valence electrons. The van der Waals surface area contributed by atoms with E-state index in [0.717, 1.165) is 29.9 Å². The minimum atomic E-state index is -0.309. The summed E-state index contributed by atoms with van der Waals surface area (Å²) in [5.41, 5.74) is 3.93. The third-order valence-electron chi connectivity index (χ3n) is 4.37. The molecule has 2 heterocycles. The lowest BCUT2D eigenvalue weighted by molar-refractivity contribution is -0.115. The van der Waals surface area contributed by atoms with Gasteiger partial charge in [0, 0.05) is 30.2 Å². The second-order valence-electron chi connectivity index (χ2n) is 6.63. The molecule has 2 aromatic rings. The number of hydrogen-bond donors (Lipinski definition) is 0. The zero-order valence-corrected chi connectivity index (χ0v) is 16.2. The minimum Gasteiger partial charge on any atom is -0.349 e. The molecule has 0 aromatic carbocycles. The van der Waals surface area contributed by atoms with E-state index in [0.29, 0.717) is 5.69 Å². The highest BCUT2D eigenvalue weighted by molar-refractivity contribution is 6.11. The molecule has 0 bridgehead atoms. The molecule has 0 radical (unpaired) electrons. The van der Waals surface area contributed by atoms with Crippen LogP contribution in [-0.4, -0.2) is 21.5 Å². The van der Waals surface area contributed by atoms with Gasteiger partial charge in [0.25, 0.3) is 5.91 Å². The first-order valence-corrected chi connectivity index (χ1v) is 8.92. The molecule has 0 aliphatic heterocycles. The fraction of sp³-hybridized carbons (Fsp3) is 0.381. The molecule has 1 amide bonds. The number of pyridine rings is 1. The molecule has 2 rings (SSSR count). The Balaban J connectivity index is 2.44. The van der Waals surface area contributed by atoms with Gasteiger partial charge >= 0.3 is 0 Å². The summed E-state index contributed by atoms with van der Waals surface area (Å²) in [6.07, 6.45) is 6.03. The molecule has 0 unspecified atom stereocenters. The first-order chi connectivity index (χ1) is 12.4. The predicted octanol–water partition coefficient (Wildman–Crippen LogP) is 4.26. The molecule has 26 heavy (non-hydrogen) atoms. The summed E-state index contributed by atoms with van der Waals surface area (Å²) in [5, 5.41) is 9.62. The molecule has 0 spiro atoms. The van der Waals surface area contributed by atoms with Gasteiger partial charge in [-0.05, 0) is 64.0 Å². The zero-order valence-electron chi connectivity index (χ0n) is 16.2. The maximum atomic E-state index is 13.1. The number of aromatic nitrogens is 2. The first kappa shape index (κ1) is 19.5. The zero-order chi connectivity index (χ0) is 19.3. The minimum absolute atomic E-state index is 0.0871. The number of rotatable bonds is 6. The average molecular weight is 350 g/mol. The van der Waals surface area contributed by atoms with Gasteiger partial charge in [0.05, 0.1) is 11.9 Å². The molecule has 0 fully saturated rings. The Morgan fingerprint density at radius 1 is 1.42 bits per heavy atom. The molecular weight excluding hydrogens is 324 g/mol. The summed E-state index contributed by atoms with van der Waals surface area (Å²) < 4.78 is 2.21. The Morgan fingerprint density at radius 2 is 2.15 bits per heavy atom. The Labute approximate surface area is 155 Å². The van der Waals surface area contributed by atoms with Crippen molar-refractivity contribution in [3.63, 3.8) is 0 Å². The second kappa shape index (κ2) is 8.48. The Hall–Kier alpha value is -2.87. The summed E-state index contributed by atoms with van der Waals surface area (Å²) in [4.78, 5) is 18.7. The van der Waals surface area contributed by atoms with Gasteiger partial charge in [-0.25, -0.2) is 0 Å². The molecule has 0 atom stereocenters. The van der Waals surface area contributed by atoms with E-state index in [1.807, 2.05) is 39.8 Å². The van der Waals surface area contributed by atoms with Crippen LogP contribution in [0.25, 0.3) is 6.08 Å². The van der Waals surface area contributed by atoms with Crippen molar-refractivity contribution in [1.29, 1.82) is 5.26 Å². The van der Waals surface area contributed by atoms with Gasteiger partial charge < -0.3 is 9.47 Å². The number of hydrogen-bond acceptors (Lipinski definition) is 3. The van der Waals surface area contributed by atoms with Crippen LogP contribution >= 0.6 is 0 Å². The summed E-state index contributed by atoms with van der Waals surface area (Å²) >= 11 is 0. The van der Waals surface area contributed by atoms with Crippen molar-refractivity contribution in [2.45, 2.75) is 53.6 Å². The van der Waals surface area contributed by atoms with Crippen molar-refractivity contribution in [2.75, 3.05) is 4.90 Å². The molecule has 0 N–H and O–H groups in total. The smallest absolute Gasteiger partial charge is 0.269 e. The van der Waals surface area contributed by atoms with E-state index < -0.39 is 0 Å². The van der Waals surface area contributed by atoms with E-state index in [-0.39, 0.29) is 17.5 Å². The number of carbonyl (C=O) groups excluding carboxylic acids is 1. The van der Waals surface area contributed by atoms with Crippen LogP contribution in [0.15, 0.2) is 36.2 Å². The molecule has 0 aliphatic rings. The quantitative estimate of drug-likeness (QED) is 0.578. The number of amides is 1. The van der Waals surface area contributed by atoms with E-state index in [2.05, 4.69) is 22.5 Å². The number of nitriles is 1. The van der Waals surface area contributed by atoms with Crippen molar-refractivity contribution >= 4 is 17.7 Å². The third kappa shape index (κ3) is 4.02. The molecule has 5 nitrogen and oxygen atoms in total. The summed E-state index contributed by atoms with van der Waals surface area (Å²) in [5.74, 6) is -0.309. The monoisotopic (exact) mass is 350 g/mol. The Bertz CT molecular complexity index is 841. The third-order valence-corrected chi connectivity index (χ3v) is 4.37. The van der Waals surface area contributed by atoms with Crippen LogP contribution < -0.4 is 4.90 Å². The van der Waals surface area contributed by atoms with Gasteiger partial charge in [0.15, 0.2) is 0 Å². The van der Waals surface area contributed by atoms with Crippen molar-refractivity contribution in [2.24, 2.45) is 0 Å². The highest BCUT2D eigenvalue weighted by atomic mass is 16.2. The lowest BCUT2D eigenvalue weighted by atomic mass is 10.1. The summed E-state index contributed by atoms with van der Waals surface area (Å²) in [6.45, 7) is 11.0. The molecule has 5 heteroatoms. The highest BCUT2D eigenvalue weighted by Crippen LogP contribution is 2.22. The summed E-state index contributed by atoms with van der Waals surface area (Å²) in [7, 11) is 0. The molecule has 0 aliphatic carbocycles. The van der Waals surface area contributed by atoms with Gasteiger partial charge in [-0.15, -0.1) is 0 Å². The molecule has 2 aromatic heterocycles. The fourth-order valence-electron chi connectivity index (χ4n) is 3.11. The van der Waals surface area contributed by atoms with Crippen LogP contribution in [-0.2, 0) is 11.3 Å². The lowest BCUT2D eigenvalue weighted by Crippen LogP contribution is -2.37. The van der Waals surface area contributed by atoms with E-state index in [9.17, 15) is 10.1 Å². The normalized spacial score (nSPS) is 11.5. The van der Waals surface area contributed by atoms with Gasteiger partial charge in [-0.3, -0.25) is 9.78 Å². The SMILES string of the molecule is CCCn1c(C)cc(/C=C(/C#N)C(=O)N(c2cccnc2)C(C)C)c1C.